The number of hydroxylamine groups is 2. The Labute approximate surface area is 372 Å². The first kappa shape index (κ1) is 47.5. The van der Waals surface area contributed by atoms with Gasteiger partial charge in [0.2, 0.25) is 11.8 Å². The second-order valence-electron chi connectivity index (χ2n) is 19.8. The van der Waals surface area contributed by atoms with Crippen LogP contribution in [-0.2, 0) is 54.2 Å². The van der Waals surface area contributed by atoms with Crippen LogP contribution < -0.4 is 10.6 Å². The van der Waals surface area contributed by atoms with Crippen LogP contribution in [0, 0.1) is 11.3 Å². The fraction of sp³-hybridized carbons (Fsp3) is 0.750. The SMILES string of the molecule is CCCCCC1(CCCCC)O[C@@H]2[C@H](O1)[C@H]1ON(Cc3ccc(C=CC4CCC5OC5C4)cc3)[C@H]3C(=O)O[C@@H]2C[C@@]13C(=O)N[C@@H](C(=O)N[C@H](CO)CCC(=O)OC(C)(C)C)[C@H](C)O. The number of fused-ring (bicyclic) bond motifs is 5. The molecule has 2 aliphatic carbocycles. The molecule has 0 radical (unpaired) electrons. The van der Waals surface area contributed by atoms with Crippen molar-refractivity contribution in [2.24, 2.45) is 11.3 Å². The van der Waals surface area contributed by atoms with Gasteiger partial charge >= 0.3 is 11.9 Å². The van der Waals surface area contributed by atoms with Gasteiger partial charge in [-0.2, -0.15) is 5.06 Å². The average Bonchev–Trinajstić information content (AvgIpc) is 3.78. The highest BCUT2D eigenvalue weighted by Crippen LogP contribution is 2.58. The van der Waals surface area contributed by atoms with Crippen LogP contribution in [-0.4, -0.2) is 118 Å². The average molecular weight is 882 g/mol. The summed E-state index contributed by atoms with van der Waals surface area (Å²) in [6.07, 6.45) is 10.9. The zero-order valence-electron chi connectivity index (χ0n) is 38.1. The molecule has 4 aliphatic heterocycles. The molecule has 4 saturated heterocycles. The van der Waals surface area contributed by atoms with Crippen LogP contribution in [0.25, 0.3) is 6.08 Å². The van der Waals surface area contributed by atoms with Crippen LogP contribution in [0.15, 0.2) is 30.3 Å². The maximum Gasteiger partial charge on any atom is 0.327 e. The molecule has 2 saturated carbocycles. The lowest BCUT2D eigenvalue weighted by Crippen LogP contribution is -2.71. The topological polar surface area (TPSA) is 195 Å². The van der Waals surface area contributed by atoms with Crippen molar-refractivity contribution in [2.45, 2.75) is 210 Å². The van der Waals surface area contributed by atoms with Gasteiger partial charge in [0.15, 0.2) is 11.8 Å². The number of aliphatic hydroxyl groups excluding tert-OH is 2. The first-order chi connectivity index (χ1) is 30.1. The minimum atomic E-state index is -1.60. The van der Waals surface area contributed by atoms with Crippen LogP contribution in [0.4, 0.5) is 0 Å². The van der Waals surface area contributed by atoms with Gasteiger partial charge in [0, 0.05) is 25.7 Å². The molecule has 7 rings (SSSR count). The van der Waals surface area contributed by atoms with E-state index in [1.54, 1.807) is 20.8 Å². The minimum Gasteiger partial charge on any atom is -0.460 e. The van der Waals surface area contributed by atoms with Crippen molar-refractivity contribution in [2.75, 3.05) is 6.61 Å². The van der Waals surface area contributed by atoms with Crippen molar-refractivity contribution < 1.29 is 57.9 Å². The molecule has 3 unspecified atom stereocenters. The number of aliphatic hydroxyl groups is 2. The normalized spacial score (nSPS) is 32.0. The molecule has 15 nitrogen and oxygen atoms in total. The predicted octanol–water partition coefficient (Wildman–Crippen LogP) is 5.17. The first-order valence-corrected chi connectivity index (χ1v) is 23.6. The Hall–Kier alpha value is -3.44. The van der Waals surface area contributed by atoms with Crippen molar-refractivity contribution in [1.29, 1.82) is 0 Å². The minimum absolute atomic E-state index is 0.0434. The molecule has 6 fully saturated rings. The third-order valence-corrected chi connectivity index (χ3v) is 13.7. The zero-order chi connectivity index (χ0) is 45.1. The number of nitrogens with zero attached hydrogens (tertiary/aromatic N) is 1. The molecule has 6 aliphatic rings. The van der Waals surface area contributed by atoms with Gasteiger partial charge in [0.25, 0.3) is 0 Å². The van der Waals surface area contributed by atoms with Gasteiger partial charge < -0.3 is 44.5 Å². The Morgan fingerprint density at radius 1 is 0.968 bits per heavy atom. The molecule has 1 aromatic carbocycles. The smallest absolute Gasteiger partial charge is 0.327 e. The summed E-state index contributed by atoms with van der Waals surface area (Å²) < 4.78 is 31.2. The molecular formula is C48H71N3O12. The molecule has 63 heavy (non-hydrogen) atoms. The predicted molar refractivity (Wildman–Crippen MR) is 231 cm³/mol. The third-order valence-electron chi connectivity index (χ3n) is 13.7. The lowest BCUT2D eigenvalue weighted by molar-refractivity contribution is -0.224. The molecule has 1 aromatic rings. The van der Waals surface area contributed by atoms with Crippen molar-refractivity contribution in [3.8, 4) is 0 Å². The van der Waals surface area contributed by atoms with Gasteiger partial charge in [-0.05, 0) is 83.3 Å². The molecular weight excluding hydrogens is 811 g/mol. The van der Waals surface area contributed by atoms with Crippen molar-refractivity contribution in [3.63, 3.8) is 0 Å². The summed E-state index contributed by atoms with van der Waals surface area (Å²) in [7, 11) is 0. The van der Waals surface area contributed by atoms with Crippen LogP contribution in [0.5, 0.6) is 0 Å². The van der Waals surface area contributed by atoms with E-state index >= 15 is 4.79 Å². The fourth-order valence-corrected chi connectivity index (χ4v) is 10.3. The zero-order valence-corrected chi connectivity index (χ0v) is 38.1. The second kappa shape index (κ2) is 20.0. The van der Waals surface area contributed by atoms with E-state index in [4.69, 9.17) is 28.5 Å². The summed E-state index contributed by atoms with van der Waals surface area (Å²) in [4.78, 5) is 62.6. The van der Waals surface area contributed by atoms with Crippen molar-refractivity contribution in [3.05, 3.63) is 41.5 Å². The number of ether oxygens (including phenoxy) is 5. The fourth-order valence-electron chi connectivity index (χ4n) is 10.3. The highest BCUT2D eigenvalue weighted by atomic mass is 16.8. The number of carbonyl (C=O) groups is 4. The van der Waals surface area contributed by atoms with E-state index in [-0.39, 0.29) is 25.8 Å². The van der Waals surface area contributed by atoms with E-state index in [0.717, 1.165) is 68.9 Å². The standard InChI is InChI=1S/C48H71N3O12/c1-7-9-11-23-47(24-12-10-8-2)61-39-36-26-48(45(57)50-38(29(3)53)43(55)49-33(28-52)20-22-37(54)60-46(4,5)6)41(44(56)59-36)51(63-42(48)40(39)62-47)27-32-17-14-30(15-18-32)13-16-31-19-21-34-35(25-31)58-34/h13-18,29,31,33-36,38-42,52-53H,7-12,19-28H2,1-6H3,(H,49,55)(H,50,57)/t29-,31?,33-,34?,35?,36+,38+,39-,40-,41-,42+,48-/m0/s1. The number of carbonyl (C=O) groups excluding carboxylic acids is 4. The quantitative estimate of drug-likeness (QED) is 0.0719. The first-order valence-electron chi connectivity index (χ1n) is 23.6. The number of benzene rings is 1. The van der Waals surface area contributed by atoms with E-state index < -0.39 is 95.8 Å². The number of amides is 2. The summed E-state index contributed by atoms with van der Waals surface area (Å²) in [6.45, 7) is 10.6. The molecule has 15 heteroatoms. The highest BCUT2D eigenvalue weighted by Gasteiger charge is 2.76. The van der Waals surface area contributed by atoms with Crippen LogP contribution in [0.2, 0.25) is 0 Å². The highest BCUT2D eigenvalue weighted by molar-refractivity contribution is 5.96. The van der Waals surface area contributed by atoms with E-state index in [0.29, 0.717) is 31.0 Å². The second-order valence-corrected chi connectivity index (χ2v) is 19.8. The number of epoxide rings is 1. The maximum absolute atomic E-state index is 15.2. The number of rotatable bonds is 21. The van der Waals surface area contributed by atoms with E-state index in [1.165, 1.54) is 12.0 Å². The number of hydrogen-bond acceptors (Lipinski definition) is 13. The number of hydrogen-bond donors (Lipinski definition) is 4. The van der Waals surface area contributed by atoms with Gasteiger partial charge in [-0.3, -0.25) is 24.0 Å². The summed E-state index contributed by atoms with van der Waals surface area (Å²) >= 11 is 0. The Morgan fingerprint density at radius 3 is 2.30 bits per heavy atom. The summed E-state index contributed by atoms with van der Waals surface area (Å²) in [5.74, 6) is -3.03. The molecule has 2 bridgehead atoms. The van der Waals surface area contributed by atoms with Gasteiger partial charge in [-0.25, -0.2) is 0 Å². The number of unbranched alkanes of at least 4 members (excludes halogenated alkanes) is 4. The molecule has 12 atom stereocenters. The van der Waals surface area contributed by atoms with Crippen molar-refractivity contribution in [1.82, 2.24) is 15.7 Å². The van der Waals surface area contributed by atoms with Gasteiger partial charge in [-0.15, -0.1) is 0 Å². The molecule has 0 aromatic heterocycles. The van der Waals surface area contributed by atoms with E-state index in [1.807, 2.05) is 24.3 Å². The Kier molecular flexibility index (Phi) is 15.1. The Morgan fingerprint density at radius 2 is 1.67 bits per heavy atom. The van der Waals surface area contributed by atoms with Crippen molar-refractivity contribution >= 4 is 29.8 Å². The molecule has 350 valence electrons. The van der Waals surface area contributed by atoms with E-state index in [9.17, 15) is 24.6 Å². The van der Waals surface area contributed by atoms with Crippen LogP contribution in [0.3, 0.4) is 0 Å². The molecule has 4 heterocycles. The Bertz CT molecular complexity index is 1790. The van der Waals surface area contributed by atoms with Gasteiger partial charge in [-0.1, -0.05) is 75.9 Å². The number of allylic oxidation sites excluding steroid dienone is 1. The lowest BCUT2D eigenvalue weighted by Gasteiger charge is -2.49. The van der Waals surface area contributed by atoms with Gasteiger partial charge in [0.05, 0.1) is 37.5 Å². The van der Waals surface area contributed by atoms with Crippen LogP contribution >= 0.6 is 0 Å². The lowest BCUT2D eigenvalue weighted by atomic mass is 9.62. The van der Waals surface area contributed by atoms with E-state index in [2.05, 4.69) is 36.6 Å². The molecule has 4 N–H and O–H groups in total. The third kappa shape index (κ3) is 10.8. The maximum atomic E-state index is 15.2. The van der Waals surface area contributed by atoms with Gasteiger partial charge in [0.1, 0.15) is 41.5 Å². The number of esters is 2. The molecule has 0 spiro atoms. The Balaban J connectivity index is 1.14. The monoisotopic (exact) mass is 882 g/mol. The number of nitrogens with one attached hydrogen (secondary N) is 2. The van der Waals surface area contributed by atoms with Crippen LogP contribution in [0.1, 0.15) is 143 Å². The largest absolute Gasteiger partial charge is 0.460 e. The summed E-state index contributed by atoms with van der Waals surface area (Å²) in [5, 5.41) is 28.2. The molecule has 2 amide bonds. The summed E-state index contributed by atoms with van der Waals surface area (Å²) in [6, 6.07) is 4.44. The summed E-state index contributed by atoms with van der Waals surface area (Å²) in [5.41, 5.74) is -0.408.